The second-order valence-electron chi connectivity index (χ2n) is 6.57. The van der Waals surface area contributed by atoms with Crippen LogP contribution in [-0.4, -0.2) is 49.7 Å². The smallest absolute Gasteiger partial charge is 0.257 e. The second-order valence-corrected chi connectivity index (χ2v) is 7.34. The number of nitrogens with zero attached hydrogens (tertiary/aromatic N) is 5. The third kappa shape index (κ3) is 3.07. The van der Waals surface area contributed by atoms with E-state index in [2.05, 4.69) is 27.6 Å². The summed E-state index contributed by atoms with van der Waals surface area (Å²) < 4.78 is 2.16. The first-order chi connectivity index (χ1) is 12.7. The third-order valence-electron chi connectivity index (χ3n) is 4.95. The molecule has 2 aromatic heterocycles. The molecule has 0 bridgehead atoms. The van der Waals surface area contributed by atoms with E-state index in [-0.39, 0.29) is 11.8 Å². The van der Waals surface area contributed by atoms with Crippen LogP contribution in [0.1, 0.15) is 34.9 Å². The zero-order valence-corrected chi connectivity index (χ0v) is 15.7. The minimum Gasteiger partial charge on any atom is -0.338 e. The van der Waals surface area contributed by atoms with Crippen molar-refractivity contribution < 1.29 is 4.79 Å². The molecule has 0 radical (unpaired) electrons. The maximum Gasteiger partial charge on any atom is 0.257 e. The first kappa shape index (κ1) is 17.0. The van der Waals surface area contributed by atoms with Crippen LogP contribution in [-0.2, 0) is 7.05 Å². The molecule has 1 saturated heterocycles. The lowest BCUT2D eigenvalue weighted by Gasteiger charge is -2.32. The fourth-order valence-electron chi connectivity index (χ4n) is 3.62. The van der Waals surface area contributed by atoms with Gasteiger partial charge in [-0.3, -0.25) is 4.79 Å². The van der Waals surface area contributed by atoms with Gasteiger partial charge in [0.1, 0.15) is 5.82 Å². The van der Waals surface area contributed by atoms with Crippen molar-refractivity contribution in [2.75, 3.05) is 19.3 Å². The van der Waals surface area contributed by atoms with Crippen LogP contribution in [0.3, 0.4) is 0 Å². The van der Waals surface area contributed by atoms with Crippen molar-refractivity contribution in [2.24, 2.45) is 7.05 Å². The number of aryl methyl sites for hydroxylation is 1. The molecule has 0 N–H and O–H groups in total. The van der Waals surface area contributed by atoms with Crippen molar-refractivity contribution in [2.45, 2.75) is 23.9 Å². The Hall–Kier alpha value is -2.41. The number of likely N-dealkylation sites (tertiary alicyclic amines) is 1. The number of para-hydroxylation sites is 2. The number of aromatic nitrogens is 4. The number of thioether (sulfide) groups is 1. The zero-order valence-electron chi connectivity index (χ0n) is 14.9. The Kier molecular flexibility index (Phi) is 4.63. The molecule has 26 heavy (non-hydrogen) atoms. The van der Waals surface area contributed by atoms with E-state index in [0.717, 1.165) is 36.2 Å². The molecular weight excluding hydrogens is 346 g/mol. The van der Waals surface area contributed by atoms with Crippen molar-refractivity contribution in [3.05, 3.63) is 48.0 Å². The summed E-state index contributed by atoms with van der Waals surface area (Å²) in [5, 5.41) is 0.678. The van der Waals surface area contributed by atoms with Crippen LogP contribution < -0.4 is 0 Å². The van der Waals surface area contributed by atoms with Crippen LogP contribution in [0.15, 0.2) is 41.8 Å². The first-order valence-corrected chi connectivity index (χ1v) is 9.96. The largest absolute Gasteiger partial charge is 0.338 e. The highest BCUT2D eigenvalue weighted by Crippen LogP contribution is 2.29. The standard InChI is InChI=1S/C19H21N5OS/c1-23-16-8-4-3-7-15(16)22-17(23)13-6-5-9-24(12-13)18(25)14-10-20-19(26-2)21-11-14/h3-4,7-8,10-11,13H,5-6,9,12H2,1-2H3/t13-/m0/s1. The van der Waals surface area contributed by atoms with Gasteiger partial charge in [0.05, 0.1) is 16.6 Å². The van der Waals surface area contributed by atoms with E-state index in [1.54, 1.807) is 12.4 Å². The summed E-state index contributed by atoms with van der Waals surface area (Å²) in [6.07, 6.45) is 7.19. The number of rotatable bonds is 3. The van der Waals surface area contributed by atoms with Gasteiger partial charge in [0, 0.05) is 38.4 Å². The lowest BCUT2D eigenvalue weighted by Crippen LogP contribution is -2.39. The van der Waals surface area contributed by atoms with E-state index in [4.69, 9.17) is 4.98 Å². The maximum atomic E-state index is 12.8. The maximum absolute atomic E-state index is 12.8. The van der Waals surface area contributed by atoms with E-state index >= 15 is 0 Å². The molecular formula is C19H21N5OS. The van der Waals surface area contributed by atoms with Crippen molar-refractivity contribution in [1.29, 1.82) is 0 Å². The van der Waals surface area contributed by atoms with E-state index in [9.17, 15) is 4.79 Å². The summed E-state index contributed by atoms with van der Waals surface area (Å²) in [6.45, 7) is 1.45. The Bertz CT molecular complexity index is 937. The highest BCUT2D eigenvalue weighted by Gasteiger charge is 2.28. The molecule has 134 valence electrons. The number of imidazole rings is 1. The normalized spacial score (nSPS) is 17.6. The van der Waals surface area contributed by atoms with Crippen LogP contribution in [0.5, 0.6) is 0 Å². The minimum atomic E-state index is 0.00103. The monoisotopic (exact) mass is 367 g/mol. The molecule has 1 aliphatic heterocycles. The molecule has 1 fully saturated rings. The number of benzene rings is 1. The Labute approximate surface area is 156 Å². The van der Waals surface area contributed by atoms with Crippen molar-refractivity contribution >= 4 is 28.7 Å². The van der Waals surface area contributed by atoms with Crippen LogP contribution in [0.25, 0.3) is 11.0 Å². The molecule has 0 spiro atoms. The molecule has 1 aliphatic rings. The van der Waals surface area contributed by atoms with Crippen molar-refractivity contribution in [3.8, 4) is 0 Å². The Morgan fingerprint density at radius 1 is 1.23 bits per heavy atom. The molecule has 7 heteroatoms. The van der Waals surface area contributed by atoms with Crippen LogP contribution in [0.2, 0.25) is 0 Å². The summed E-state index contributed by atoms with van der Waals surface area (Å²) >= 11 is 1.47. The van der Waals surface area contributed by atoms with Gasteiger partial charge in [-0.1, -0.05) is 23.9 Å². The third-order valence-corrected chi connectivity index (χ3v) is 5.53. The second kappa shape index (κ2) is 7.07. The predicted molar refractivity (Wildman–Crippen MR) is 102 cm³/mol. The number of piperidine rings is 1. The highest BCUT2D eigenvalue weighted by atomic mass is 32.2. The molecule has 0 aliphatic carbocycles. The molecule has 1 atom stereocenters. The zero-order chi connectivity index (χ0) is 18.1. The number of carbonyl (C=O) groups excluding carboxylic acids is 1. The highest BCUT2D eigenvalue weighted by molar-refractivity contribution is 7.98. The molecule has 3 heterocycles. The van der Waals surface area contributed by atoms with E-state index in [0.29, 0.717) is 17.3 Å². The summed E-state index contributed by atoms with van der Waals surface area (Å²) in [5.74, 6) is 1.30. The quantitative estimate of drug-likeness (QED) is 0.526. The van der Waals surface area contributed by atoms with Gasteiger partial charge in [-0.2, -0.15) is 0 Å². The molecule has 1 amide bonds. The number of fused-ring (bicyclic) bond motifs is 1. The molecule has 4 rings (SSSR count). The topological polar surface area (TPSA) is 63.9 Å². The van der Waals surface area contributed by atoms with Crippen LogP contribution in [0, 0.1) is 0 Å². The van der Waals surface area contributed by atoms with E-state index < -0.39 is 0 Å². The number of hydrogen-bond acceptors (Lipinski definition) is 5. The summed E-state index contributed by atoms with van der Waals surface area (Å²) in [5.41, 5.74) is 2.69. The first-order valence-electron chi connectivity index (χ1n) is 8.74. The Morgan fingerprint density at radius 3 is 2.73 bits per heavy atom. The molecule has 6 nitrogen and oxygen atoms in total. The number of carbonyl (C=O) groups is 1. The average Bonchev–Trinajstić information content (AvgIpc) is 3.04. The average molecular weight is 367 g/mol. The molecule has 1 aromatic carbocycles. The van der Waals surface area contributed by atoms with E-state index in [1.165, 1.54) is 11.8 Å². The van der Waals surface area contributed by atoms with Crippen LogP contribution in [0.4, 0.5) is 0 Å². The fourth-order valence-corrected chi connectivity index (χ4v) is 3.93. The van der Waals surface area contributed by atoms with E-state index in [1.807, 2.05) is 29.4 Å². The Balaban J connectivity index is 1.56. The fraction of sp³-hybridized carbons (Fsp3) is 0.368. The van der Waals surface area contributed by atoms with Gasteiger partial charge in [-0.05, 0) is 31.2 Å². The molecule has 0 saturated carbocycles. The summed E-state index contributed by atoms with van der Waals surface area (Å²) in [7, 11) is 2.06. The molecule has 3 aromatic rings. The van der Waals surface area contributed by atoms with Gasteiger partial charge in [-0.15, -0.1) is 0 Å². The van der Waals surface area contributed by atoms with Gasteiger partial charge in [-0.25, -0.2) is 15.0 Å². The Morgan fingerprint density at radius 2 is 2.00 bits per heavy atom. The van der Waals surface area contributed by atoms with Crippen molar-refractivity contribution in [3.63, 3.8) is 0 Å². The minimum absolute atomic E-state index is 0.00103. The number of hydrogen-bond donors (Lipinski definition) is 0. The van der Waals surface area contributed by atoms with Crippen molar-refractivity contribution in [1.82, 2.24) is 24.4 Å². The van der Waals surface area contributed by atoms with Gasteiger partial charge in [0.15, 0.2) is 5.16 Å². The number of amides is 1. The van der Waals surface area contributed by atoms with Gasteiger partial charge < -0.3 is 9.47 Å². The SMILES string of the molecule is CSc1ncc(C(=O)N2CCC[C@H](c3nc4ccccc4n3C)C2)cn1. The lowest BCUT2D eigenvalue weighted by molar-refractivity contribution is 0.0702. The summed E-state index contributed by atoms with van der Waals surface area (Å²) in [6, 6.07) is 8.16. The summed E-state index contributed by atoms with van der Waals surface area (Å²) in [4.78, 5) is 28.0. The van der Waals surface area contributed by atoms with Gasteiger partial charge in [0.25, 0.3) is 5.91 Å². The lowest BCUT2D eigenvalue weighted by atomic mass is 9.96. The molecule has 0 unspecified atom stereocenters. The van der Waals surface area contributed by atoms with Gasteiger partial charge in [0.2, 0.25) is 0 Å². The predicted octanol–water partition coefficient (Wildman–Crippen LogP) is 3.11. The van der Waals surface area contributed by atoms with Crippen LogP contribution >= 0.6 is 11.8 Å². The van der Waals surface area contributed by atoms with Gasteiger partial charge >= 0.3 is 0 Å².